The van der Waals surface area contributed by atoms with Gasteiger partial charge in [-0.2, -0.15) is 4.31 Å². The maximum Gasteiger partial charge on any atom is 0.217 e. The van der Waals surface area contributed by atoms with Crippen LogP contribution in [-0.2, 0) is 10.0 Å². The number of sulfonamides is 1. The third kappa shape index (κ3) is 2.41. The molecule has 2 aliphatic heterocycles. The molecule has 1 fully saturated rings. The molecule has 0 aliphatic carbocycles. The van der Waals surface area contributed by atoms with Crippen LogP contribution in [0.3, 0.4) is 0 Å². The standard InChI is InChI=1S/C10H18N2O2S/c13-15(14,10-4-6-11-7-5-10)12-8-2-1-3-9-12/h1-2,10-11H,3-9H2. The molecule has 0 saturated carbocycles. The lowest BCUT2D eigenvalue weighted by Gasteiger charge is -2.30. The van der Waals surface area contributed by atoms with Crippen LogP contribution in [0.25, 0.3) is 0 Å². The molecule has 1 saturated heterocycles. The van der Waals surface area contributed by atoms with E-state index < -0.39 is 10.0 Å². The molecule has 0 atom stereocenters. The predicted molar refractivity (Wildman–Crippen MR) is 60.1 cm³/mol. The van der Waals surface area contributed by atoms with E-state index in [1.165, 1.54) is 0 Å². The summed E-state index contributed by atoms with van der Waals surface area (Å²) in [6.45, 7) is 2.87. The van der Waals surface area contributed by atoms with Crippen LogP contribution >= 0.6 is 0 Å². The topological polar surface area (TPSA) is 49.4 Å². The van der Waals surface area contributed by atoms with Crippen LogP contribution in [0, 0.1) is 0 Å². The molecule has 0 aromatic carbocycles. The molecule has 0 radical (unpaired) electrons. The quantitative estimate of drug-likeness (QED) is 0.696. The maximum absolute atomic E-state index is 12.2. The van der Waals surface area contributed by atoms with E-state index in [9.17, 15) is 8.42 Å². The van der Waals surface area contributed by atoms with Gasteiger partial charge in [-0.1, -0.05) is 12.2 Å². The second kappa shape index (κ2) is 4.63. The summed E-state index contributed by atoms with van der Waals surface area (Å²) in [4.78, 5) is 0. The Hall–Kier alpha value is -0.390. The lowest BCUT2D eigenvalue weighted by Crippen LogP contribution is -2.45. The van der Waals surface area contributed by atoms with Gasteiger partial charge < -0.3 is 5.32 Å². The largest absolute Gasteiger partial charge is 0.317 e. The summed E-state index contributed by atoms with van der Waals surface area (Å²) in [5, 5.41) is 3.03. The lowest BCUT2D eigenvalue weighted by molar-refractivity contribution is 0.409. The molecule has 2 rings (SSSR count). The van der Waals surface area contributed by atoms with E-state index in [1.54, 1.807) is 4.31 Å². The van der Waals surface area contributed by atoms with Gasteiger partial charge in [-0.25, -0.2) is 8.42 Å². The Morgan fingerprint density at radius 2 is 1.93 bits per heavy atom. The van der Waals surface area contributed by atoms with E-state index in [2.05, 4.69) is 11.4 Å². The second-order valence-electron chi connectivity index (χ2n) is 4.11. The van der Waals surface area contributed by atoms with E-state index in [0.717, 1.165) is 32.4 Å². The zero-order valence-corrected chi connectivity index (χ0v) is 9.67. The fraction of sp³-hybridized carbons (Fsp3) is 0.800. The minimum Gasteiger partial charge on any atom is -0.317 e. The highest BCUT2D eigenvalue weighted by Crippen LogP contribution is 2.19. The minimum atomic E-state index is -3.04. The predicted octanol–water partition coefficient (Wildman–Crippen LogP) is 0.330. The van der Waals surface area contributed by atoms with Crippen molar-refractivity contribution in [3.63, 3.8) is 0 Å². The molecule has 5 heteroatoms. The Balaban J connectivity index is 2.07. The molecule has 4 nitrogen and oxygen atoms in total. The molecule has 86 valence electrons. The van der Waals surface area contributed by atoms with Gasteiger partial charge in [-0.3, -0.25) is 0 Å². The number of piperidine rings is 1. The van der Waals surface area contributed by atoms with Crippen molar-refractivity contribution in [2.75, 3.05) is 26.2 Å². The molecule has 0 amide bonds. The molecule has 0 aromatic heterocycles. The first-order valence-electron chi connectivity index (χ1n) is 5.56. The van der Waals surface area contributed by atoms with Gasteiger partial charge in [0.15, 0.2) is 0 Å². The Morgan fingerprint density at radius 3 is 2.53 bits per heavy atom. The summed E-state index contributed by atoms with van der Waals surface area (Å²) in [7, 11) is -3.04. The molecule has 0 unspecified atom stereocenters. The summed E-state index contributed by atoms with van der Waals surface area (Å²) in [5.41, 5.74) is 0. The normalized spacial score (nSPS) is 25.6. The van der Waals surface area contributed by atoms with Gasteiger partial charge >= 0.3 is 0 Å². The van der Waals surface area contributed by atoms with Gasteiger partial charge in [-0.15, -0.1) is 0 Å². The number of hydrogen-bond acceptors (Lipinski definition) is 3. The van der Waals surface area contributed by atoms with E-state index in [-0.39, 0.29) is 5.25 Å². The van der Waals surface area contributed by atoms with Crippen molar-refractivity contribution in [2.24, 2.45) is 0 Å². The summed E-state index contributed by atoms with van der Waals surface area (Å²) in [6, 6.07) is 0. The number of nitrogens with one attached hydrogen (secondary N) is 1. The molecule has 0 bridgehead atoms. The van der Waals surface area contributed by atoms with Crippen molar-refractivity contribution in [2.45, 2.75) is 24.5 Å². The van der Waals surface area contributed by atoms with Crippen LogP contribution in [-0.4, -0.2) is 44.2 Å². The Kier molecular flexibility index (Phi) is 3.43. The van der Waals surface area contributed by atoms with Gasteiger partial charge in [-0.05, 0) is 32.4 Å². The zero-order chi connectivity index (χ0) is 10.7. The summed E-state index contributed by atoms with van der Waals surface area (Å²) < 4.78 is 26.0. The van der Waals surface area contributed by atoms with Gasteiger partial charge in [0.05, 0.1) is 5.25 Å². The van der Waals surface area contributed by atoms with Crippen LogP contribution in [0.2, 0.25) is 0 Å². The monoisotopic (exact) mass is 230 g/mol. The maximum atomic E-state index is 12.2. The lowest BCUT2D eigenvalue weighted by atomic mass is 10.2. The third-order valence-corrected chi connectivity index (χ3v) is 5.45. The zero-order valence-electron chi connectivity index (χ0n) is 8.85. The fourth-order valence-electron chi connectivity index (χ4n) is 2.16. The van der Waals surface area contributed by atoms with Gasteiger partial charge in [0.25, 0.3) is 0 Å². The van der Waals surface area contributed by atoms with Crippen LogP contribution in [0.15, 0.2) is 12.2 Å². The van der Waals surface area contributed by atoms with Gasteiger partial charge in [0.2, 0.25) is 10.0 Å². The molecule has 0 spiro atoms. The van der Waals surface area contributed by atoms with Crippen molar-refractivity contribution in [3.8, 4) is 0 Å². The molecule has 0 aromatic rings. The van der Waals surface area contributed by atoms with Crippen molar-refractivity contribution in [3.05, 3.63) is 12.2 Å². The Labute approximate surface area is 91.4 Å². The van der Waals surface area contributed by atoms with E-state index in [0.29, 0.717) is 13.1 Å². The Bertz CT molecular complexity index is 331. The van der Waals surface area contributed by atoms with Gasteiger partial charge in [0, 0.05) is 13.1 Å². The van der Waals surface area contributed by atoms with E-state index in [1.807, 2.05) is 6.08 Å². The van der Waals surface area contributed by atoms with Crippen LogP contribution in [0.4, 0.5) is 0 Å². The van der Waals surface area contributed by atoms with E-state index in [4.69, 9.17) is 0 Å². The highest BCUT2D eigenvalue weighted by atomic mass is 32.2. The summed E-state index contributed by atoms with van der Waals surface area (Å²) in [6.07, 6.45) is 6.35. The summed E-state index contributed by atoms with van der Waals surface area (Å²) in [5.74, 6) is 0. The molecule has 2 heterocycles. The molecular formula is C10H18N2O2S. The second-order valence-corrected chi connectivity index (χ2v) is 6.33. The molecule has 1 N–H and O–H groups in total. The number of rotatable bonds is 2. The van der Waals surface area contributed by atoms with Crippen LogP contribution in [0.1, 0.15) is 19.3 Å². The van der Waals surface area contributed by atoms with Crippen molar-refractivity contribution in [1.82, 2.24) is 9.62 Å². The average Bonchev–Trinajstić information content (AvgIpc) is 2.31. The van der Waals surface area contributed by atoms with Crippen molar-refractivity contribution >= 4 is 10.0 Å². The van der Waals surface area contributed by atoms with Crippen LogP contribution in [0.5, 0.6) is 0 Å². The van der Waals surface area contributed by atoms with Crippen LogP contribution < -0.4 is 5.32 Å². The minimum absolute atomic E-state index is 0.162. The van der Waals surface area contributed by atoms with Crippen molar-refractivity contribution in [1.29, 1.82) is 0 Å². The number of hydrogen-bond donors (Lipinski definition) is 1. The first kappa shape index (κ1) is 11.1. The SMILES string of the molecule is O=S(=O)(C1CCNCC1)N1CC=CCC1. The number of nitrogens with zero attached hydrogens (tertiary/aromatic N) is 1. The summed E-state index contributed by atoms with van der Waals surface area (Å²) >= 11 is 0. The molecular weight excluding hydrogens is 212 g/mol. The van der Waals surface area contributed by atoms with Gasteiger partial charge in [0.1, 0.15) is 0 Å². The first-order chi connectivity index (χ1) is 7.21. The smallest absolute Gasteiger partial charge is 0.217 e. The highest BCUT2D eigenvalue weighted by Gasteiger charge is 2.32. The first-order valence-corrected chi connectivity index (χ1v) is 7.06. The molecule has 15 heavy (non-hydrogen) atoms. The average molecular weight is 230 g/mol. The Morgan fingerprint density at radius 1 is 1.20 bits per heavy atom. The highest BCUT2D eigenvalue weighted by molar-refractivity contribution is 7.89. The third-order valence-electron chi connectivity index (χ3n) is 3.09. The molecule has 2 aliphatic rings. The van der Waals surface area contributed by atoms with Crippen molar-refractivity contribution < 1.29 is 8.42 Å². The van der Waals surface area contributed by atoms with E-state index >= 15 is 0 Å². The fourth-order valence-corrected chi connectivity index (χ4v) is 4.06.